The Labute approximate surface area is 163 Å². The summed E-state index contributed by atoms with van der Waals surface area (Å²) in [5, 5.41) is 6.36. The number of rotatable bonds is 9. The predicted octanol–water partition coefficient (Wildman–Crippen LogP) is 2.67. The summed E-state index contributed by atoms with van der Waals surface area (Å²) in [6.45, 7) is 8.58. The minimum atomic E-state index is -3.45. The lowest BCUT2D eigenvalue weighted by Gasteiger charge is -2.22. The highest BCUT2D eigenvalue weighted by Gasteiger charge is 2.22. The number of nitrogens with zero attached hydrogens (tertiary/aromatic N) is 1. The molecule has 0 saturated carbocycles. The summed E-state index contributed by atoms with van der Waals surface area (Å²) in [6, 6.07) is 6.68. The maximum atomic E-state index is 12.5. The van der Waals surface area contributed by atoms with Gasteiger partial charge in [-0.1, -0.05) is 26.0 Å². The molecule has 1 unspecified atom stereocenters. The Bertz CT molecular complexity index is 694. The molecule has 2 N–H and O–H groups in total. The maximum absolute atomic E-state index is 12.5. The van der Waals surface area contributed by atoms with Gasteiger partial charge in [-0.25, -0.2) is 8.42 Å². The van der Waals surface area contributed by atoms with E-state index in [0.29, 0.717) is 30.3 Å². The van der Waals surface area contributed by atoms with Gasteiger partial charge in [0.25, 0.3) is 0 Å². The Balaban J connectivity index is 1.90. The molecule has 152 valence electrons. The molecule has 0 radical (unpaired) electrons. The van der Waals surface area contributed by atoms with Crippen molar-refractivity contribution in [3.05, 3.63) is 29.8 Å². The highest BCUT2D eigenvalue weighted by Crippen LogP contribution is 2.21. The maximum Gasteiger partial charge on any atom is 0.243 e. The zero-order valence-corrected chi connectivity index (χ0v) is 17.5. The van der Waals surface area contributed by atoms with E-state index in [0.717, 1.165) is 37.9 Å². The lowest BCUT2D eigenvalue weighted by molar-refractivity contribution is -0.122. The quantitative estimate of drug-likeness (QED) is 0.674. The number of hydrogen-bond donors (Lipinski definition) is 2. The number of benzene rings is 1. The van der Waals surface area contributed by atoms with Crippen LogP contribution in [0.25, 0.3) is 0 Å². The lowest BCUT2D eigenvalue weighted by atomic mass is 9.93. The lowest BCUT2D eigenvalue weighted by Crippen LogP contribution is -2.31. The van der Waals surface area contributed by atoms with Crippen LogP contribution in [0.3, 0.4) is 0 Å². The number of nitrogens with one attached hydrogen (secondary N) is 2. The van der Waals surface area contributed by atoms with E-state index in [9.17, 15) is 13.2 Å². The normalized spacial score (nSPS) is 17.0. The second-order valence-corrected chi connectivity index (χ2v) is 9.12. The summed E-state index contributed by atoms with van der Waals surface area (Å²) in [5.41, 5.74) is 0.906. The molecule has 1 aliphatic heterocycles. The SMILES string of the molecule is CCN(CC)S(=O)(=O)c1ccc(C(C)NC(=O)CCC2CCNCC2)cc1. The molecular weight excluding hydrogens is 362 g/mol. The highest BCUT2D eigenvalue weighted by atomic mass is 32.2. The fraction of sp³-hybridized carbons (Fsp3) is 0.650. The summed E-state index contributed by atoms with van der Waals surface area (Å²) in [6.07, 6.45) is 3.77. The van der Waals surface area contributed by atoms with E-state index in [1.165, 1.54) is 4.31 Å². The molecule has 1 aromatic carbocycles. The zero-order chi connectivity index (χ0) is 19.9. The molecule has 1 fully saturated rings. The van der Waals surface area contributed by atoms with E-state index < -0.39 is 10.0 Å². The van der Waals surface area contributed by atoms with Gasteiger partial charge in [0, 0.05) is 19.5 Å². The van der Waals surface area contributed by atoms with E-state index in [1.807, 2.05) is 20.8 Å². The Kier molecular flexibility index (Phi) is 8.26. The average molecular weight is 396 g/mol. The Morgan fingerprint density at radius 3 is 2.33 bits per heavy atom. The molecule has 1 atom stereocenters. The van der Waals surface area contributed by atoms with Crippen molar-refractivity contribution in [1.82, 2.24) is 14.9 Å². The van der Waals surface area contributed by atoms with Crippen LogP contribution in [0.2, 0.25) is 0 Å². The molecule has 27 heavy (non-hydrogen) atoms. The average Bonchev–Trinajstić information content (AvgIpc) is 2.68. The second kappa shape index (κ2) is 10.2. The minimum Gasteiger partial charge on any atom is -0.350 e. The van der Waals surface area contributed by atoms with Crippen LogP contribution in [0.4, 0.5) is 0 Å². The Hall–Kier alpha value is -1.44. The van der Waals surface area contributed by atoms with Crippen LogP contribution >= 0.6 is 0 Å². The first-order valence-electron chi connectivity index (χ1n) is 9.98. The Morgan fingerprint density at radius 2 is 1.78 bits per heavy atom. The summed E-state index contributed by atoms with van der Waals surface area (Å²) in [5.74, 6) is 0.692. The second-order valence-electron chi connectivity index (χ2n) is 7.18. The van der Waals surface area contributed by atoms with Crippen LogP contribution in [0.5, 0.6) is 0 Å². The first kappa shape index (κ1) is 21.9. The summed E-state index contributed by atoms with van der Waals surface area (Å²) < 4.78 is 26.5. The molecule has 1 heterocycles. The van der Waals surface area contributed by atoms with Crippen molar-refractivity contribution in [2.75, 3.05) is 26.2 Å². The number of carbonyl (C=O) groups excluding carboxylic acids is 1. The smallest absolute Gasteiger partial charge is 0.243 e. The molecule has 1 aliphatic rings. The summed E-state index contributed by atoms with van der Waals surface area (Å²) in [7, 11) is -3.45. The predicted molar refractivity (Wildman–Crippen MR) is 108 cm³/mol. The summed E-state index contributed by atoms with van der Waals surface area (Å²) in [4.78, 5) is 12.5. The Morgan fingerprint density at radius 1 is 1.19 bits per heavy atom. The molecule has 0 aromatic heterocycles. The van der Waals surface area contributed by atoms with Gasteiger partial charge in [0.2, 0.25) is 15.9 Å². The fourth-order valence-corrected chi connectivity index (χ4v) is 5.00. The van der Waals surface area contributed by atoms with Crippen molar-refractivity contribution in [3.63, 3.8) is 0 Å². The van der Waals surface area contributed by atoms with E-state index in [-0.39, 0.29) is 11.9 Å². The highest BCUT2D eigenvalue weighted by molar-refractivity contribution is 7.89. The van der Waals surface area contributed by atoms with Crippen LogP contribution in [0, 0.1) is 5.92 Å². The van der Waals surface area contributed by atoms with Crippen molar-refractivity contribution in [1.29, 1.82) is 0 Å². The minimum absolute atomic E-state index is 0.0564. The molecule has 0 aliphatic carbocycles. The molecule has 1 aromatic rings. The first-order chi connectivity index (χ1) is 12.9. The molecule has 7 heteroatoms. The third-order valence-corrected chi connectivity index (χ3v) is 7.40. The molecule has 0 spiro atoms. The van der Waals surface area contributed by atoms with Gasteiger partial charge in [0.15, 0.2) is 0 Å². The zero-order valence-electron chi connectivity index (χ0n) is 16.7. The fourth-order valence-electron chi connectivity index (χ4n) is 3.54. The van der Waals surface area contributed by atoms with Gasteiger partial charge < -0.3 is 10.6 Å². The van der Waals surface area contributed by atoms with Crippen LogP contribution in [-0.4, -0.2) is 44.8 Å². The topological polar surface area (TPSA) is 78.5 Å². The monoisotopic (exact) mass is 395 g/mol. The molecule has 6 nitrogen and oxygen atoms in total. The molecule has 1 amide bonds. The van der Waals surface area contributed by atoms with Gasteiger partial charge in [-0.15, -0.1) is 0 Å². The van der Waals surface area contributed by atoms with Crippen molar-refractivity contribution < 1.29 is 13.2 Å². The number of amides is 1. The van der Waals surface area contributed by atoms with Crippen LogP contribution < -0.4 is 10.6 Å². The molecule has 0 bridgehead atoms. The standard InChI is InChI=1S/C20H33N3O3S/c1-4-23(5-2)27(25,26)19-9-7-18(8-10-19)16(3)22-20(24)11-6-17-12-14-21-15-13-17/h7-10,16-17,21H,4-6,11-15H2,1-3H3,(H,22,24). The van der Waals surface area contributed by atoms with Crippen LogP contribution in [0.15, 0.2) is 29.2 Å². The molecular formula is C20H33N3O3S. The van der Waals surface area contributed by atoms with Gasteiger partial charge in [-0.2, -0.15) is 4.31 Å². The van der Waals surface area contributed by atoms with Gasteiger partial charge in [-0.05, 0) is 62.9 Å². The third kappa shape index (κ3) is 6.02. The van der Waals surface area contributed by atoms with Crippen LogP contribution in [0.1, 0.15) is 58.1 Å². The summed E-state index contributed by atoms with van der Waals surface area (Å²) >= 11 is 0. The van der Waals surface area contributed by atoms with Gasteiger partial charge in [-0.3, -0.25) is 4.79 Å². The number of sulfonamides is 1. The number of hydrogen-bond acceptors (Lipinski definition) is 4. The molecule has 1 saturated heterocycles. The first-order valence-corrected chi connectivity index (χ1v) is 11.4. The van der Waals surface area contributed by atoms with E-state index in [2.05, 4.69) is 10.6 Å². The van der Waals surface area contributed by atoms with Crippen molar-refractivity contribution >= 4 is 15.9 Å². The van der Waals surface area contributed by atoms with Crippen LogP contribution in [-0.2, 0) is 14.8 Å². The van der Waals surface area contributed by atoms with Gasteiger partial charge in [0.05, 0.1) is 10.9 Å². The number of carbonyl (C=O) groups is 1. The van der Waals surface area contributed by atoms with E-state index in [4.69, 9.17) is 0 Å². The van der Waals surface area contributed by atoms with Gasteiger partial charge in [0.1, 0.15) is 0 Å². The van der Waals surface area contributed by atoms with Gasteiger partial charge >= 0.3 is 0 Å². The largest absolute Gasteiger partial charge is 0.350 e. The number of piperidine rings is 1. The van der Waals surface area contributed by atoms with Crippen molar-refractivity contribution in [2.24, 2.45) is 5.92 Å². The molecule has 2 rings (SSSR count). The van der Waals surface area contributed by atoms with E-state index >= 15 is 0 Å². The van der Waals surface area contributed by atoms with Crippen molar-refractivity contribution in [2.45, 2.75) is 57.4 Å². The van der Waals surface area contributed by atoms with Crippen molar-refractivity contribution in [3.8, 4) is 0 Å². The third-order valence-electron chi connectivity index (χ3n) is 5.34. The van der Waals surface area contributed by atoms with E-state index in [1.54, 1.807) is 24.3 Å².